The summed E-state index contributed by atoms with van der Waals surface area (Å²) in [5.74, 6) is 0.535. The Balaban J connectivity index is 2.36. The smallest absolute Gasteiger partial charge is 0.0954 e. The van der Waals surface area contributed by atoms with Crippen LogP contribution in [0, 0.1) is 0 Å². The van der Waals surface area contributed by atoms with Gasteiger partial charge in [-0.25, -0.2) is 4.98 Å². The van der Waals surface area contributed by atoms with E-state index in [4.69, 9.17) is 5.73 Å². The molecule has 0 amide bonds. The Bertz CT molecular complexity index is 301. The third-order valence-electron chi connectivity index (χ3n) is 2.86. The number of fused-ring (bicyclic) bond motifs is 1. The van der Waals surface area contributed by atoms with E-state index in [0.717, 1.165) is 13.0 Å². The number of hydrogen-bond acceptors (Lipinski definition) is 2. The summed E-state index contributed by atoms with van der Waals surface area (Å²) in [7, 11) is 0. The summed E-state index contributed by atoms with van der Waals surface area (Å²) >= 11 is 0. The first kappa shape index (κ1) is 8.75. The maximum atomic E-state index is 5.69. The average Bonchev–Trinajstić information content (AvgIpc) is 2.61. The number of nitrogens with two attached hydrogens (primary N) is 1. The molecule has 1 aromatic heterocycles. The van der Waals surface area contributed by atoms with Gasteiger partial charge in [-0.2, -0.15) is 0 Å². The molecule has 0 bridgehead atoms. The van der Waals surface area contributed by atoms with Crippen molar-refractivity contribution in [3.63, 3.8) is 0 Å². The summed E-state index contributed by atoms with van der Waals surface area (Å²) in [4.78, 5) is 4.44. The summed E-state index contributed by atoms with van der Waals surface area (Å²) in [6.07, 6.45) is 4.29. The summed E-state index contributed by atoms with van der Waals surface area (Å²) in [5, 5.41) is 0. The number of nitrogens with zero attached hydrogens (tertiary/aromatic N) is 2. The molecule has 1 aliphatic rings. The molecule has 0 aliphatic carbocycles. The molecule has 13 heavy (non-hydrogen) atoms. The van der Waals surface area contributed by atoms with E-state index in [2.05, 4.69) is 23.4 Å². The molecule has 1 atom stereocenters. The molecule has 1 unspecified atom stereocenters. The molecule has 1 aromatic rings. The first-order valence-electron chi connectivity index (χ1n) is 4.99. The molecule has 0 radical (unpaired) electrons. The van der Waals surface area contributed by atoms with Gasteiger partial charge in [-0.15, -0.1) is 0 Å². The van der Waals surface area contributed by atoms with Crippen molar-refractivity contribution < 1.29 is 0 Å². The molecule has 0 saturated heterocycles. The highest BCUT2D eigenvalue weighted by molar-refractivity contribution is 5.21. The van der Waals surface area contributed by atoms with Gasteiger partial charge in [0.2, 0.25) is 0 Å². The normalized spacial score (nSPS) is 21.1. The molecule has 3 heteroatoms. The predicted molar refractivity (Wildman–Crippen MR) is 52.7 cm³/mol. The Morgan fingerprint density at radius 2 is 2.46 bits per heavy atom. The van der Waals surface area contributed by atoms with Crippen LogP contribution in [0.2, 0.25) is 0 Å². The summed E-state index contributed by atoms with van der Waals surface area (Å²) in [6, 6.07) is 0.495. The zero-order valence-corrected chi connectivity index (χ0v) is 8.33. The van der Waals surface area contributed by atoms with Crippen molar-refractivity contribution in [1.82, 2.24) is 9.55 Å². The Kier molecular flexibility index (Phi) is 2.12. The van der Waals surface area contributed by atoms with Crippen LogP contribution in [-0.4, -0.2) is 16.1 Å². The van der Waals surface area contributed by atoms with Gasteiger partial charge in [-0.3, -0.25) is 0 Å². The highest BCUT2D eigenvalue weighted by Gasteiger charge is 2.24. The standard InChI is InChI=1S/C10H17N3/c1-7(2)10-9-4-3-8(5-11)13(9)6-12-10/h6-8H,3-5,11H2,1-2H3. The molecule has 3 nitrogen and oxygen atoms in total. The fraction of sp³-hybridized carbons (Fsp3) is 0.700. The van der Waals surface area contributed by atoms with Crippen molar-refractivity contribution in [2.24, 2.45) is 5.73 Å². The van der Waals surface area contributed by atoms with Gasteiger partial charge < -0.3 is 10.3 Å². The van der Waals surface area contributed by atoms with E-state index < -0.39 is 0 Å². The van der Waals surface area contributed by atoms with E-state index in [9.17, 15) is 0 Å². The second-order valence-corrected chi connectivity index (χ2v) is 4.07. The Hall–Kier alpha value is -0.830. The van der Waals surface area contributed by atoms with Gasteiger partial charge in [0.05, 0.1) is 12.0 Å². The average molecular weight is 179 g/mol. The minimum absolute atomic E-state index is 0.495. The molecule has 72 valence electrons. The van der Waals surface area contributed by atoms with Crippen LogP contribution in [0.15, 0.2) is 6.33 Å². The topological polar surface area (TPSA) is 43.8 Å². The van der Waals surface area contributed by atoms with Gasteiger partial charge in [-0.1, -0.05) is 13.8 Å². The highest BCUT2D eigenvalue weighted by atomic mass is 15.1. The van der Waals surface area contributed by atoms with Crippen LogP contribution in [0.1, 0.15) is 43.6 Å². The van der Waals surface area contributed by atoms with Gasteiger partial charge in [0.1, 0.15) is 0 Å². The fourth-order valence-corrected chi connectivity index (χ4v) is 2.13. The number of rotatable bonds is 2. The monoisotopic (exact) mass is 179 g/mol. The third kappa shape index (κ3) is 1.27. The lowest BCUT2D eigenvalue weighted by atomic mass is 10.1. The number of aromatic nitrogens is 2. The van der Waals surface area contributed by atoms with Gasteiger partial charge >= 0.3 is 0 Å². The quantitative estimate of drug-likeness (QED) is 0.746. The van der Waals surface area contributed by atoms with Crippen molar-refractivity contribution >= 4 is 0 Å². The molecule has 0 spiro atoms. The van der Waals surface area contributed by atoms with Gasteiger partial charge in [-0.05, 0) is 18.8 Å². The highest BCUT2D eigenvalue weighted by Crippen LogP contribution is 2.30. The molecule has 2 heterocycles. The van der Waals surface area contributed by atoms with Gasteiger partial charge in [0.15, 0.2) is 0 Å². The van der Waals surface area contributed by atoms with Crippen molar-refractivity contribution in [2.75, 3.05) is 6.54 Å². The van der Waals surface area contributed by atoms with Gasteiger partial charge in [0, 0.05) is 18.3 Å². The maximum Gasteiger partial charge on any atom is 0.0954 e. The second kappa shape index (κ2) is 3.14. The lowest BCUT2D eigenvalue weighted by Crippen LogP contribution is -2.14. The second-order valence-electron chi connectivity index (χ2n) is 4.07. The molecule has 1 aliphatic heterocycles. The first-order valence-corrected chi connectivity index (χ1v) is 4.99. The number of imidazole rings is 1. The van der Waals surface area contributed by atoms with Crippen molar-refractivity contribution in [3.05, 3.63) is 17.7 Å². The van der Waals surface area contributed by atoms with Crippen LogP contribution in [0.4, 0.5) is 0 Å². The summed E-state index contributed by atoms with van der Waals surface area (Å²) < 4.78 is 2.26. The lowest BCUT2D eigenvalue weighted by molar-refractivity contribution is 0.536. The molecule has 0 fully saturated rings. The zero-order chi connectivity index (χ0) is 9.42. The molecule has 0 saturated carbocycles. The molecule has 2 rings (SSSR count). The third-order valence-corrected chi connectivity index (χ3v) is 2.86. The van der Waals surface area contributed by atoms with Crippen LogP contribution in [0.25, 0.3) is 0 Å². The minimum Gasteiger partial charge on any atom is -0.330 e. The van der Waals surface area contributed by atoms with E-state index in [1.54, 1.807) is 0 Å². The van der Waals surface area contributed by atoms with Crippen LogP contribution >= 0.6 is 0 Å². The Labute approximate surface area is 79.0 Å². The SMILES string of the molecule is CC(C)c1ncn2c1CCC2CN. The largest absolute Gasteiger partial charge is 0.330 e. The van der Waals surface area contributed by atoms with E-state index in [1.807, 2.05) is 6.33 Å². The predicted octanol–water partition coefficient (Wildman–Crippen LogP) is 1.45. The molecular weight excluding hydrogens is 162 g/mol. The van der Waals surface area contributed by atoms with Crippen LogP contribution in [-0.2, 0) is 6.42 Å². The van der Waals surface area contributed by atoms with Crippen molar-refractivity contribution in [3.8, 4) is 0 Å². The number of hydrogen-bond donors (Lipinski definition) is 1. The van der Waals surface area contributed by atoms with Crippen molar-refractivity contribution in [2.45, 2.75) is 38.6 Å². The lowest BCUT2D eigenvalue weighted by Gasteiger charge is -2.08. The van der Waals surface area contributed by atoms with Gasteiger partial charge in [0.25, 0.3) is 0 Å². The molecule has 0 aromatic carbocycles. The van der Waals surface area contributed by atoms with Crippen LogP contribution in [0.3, 0.4) is 0 Å². The first-order chi connectivity index (χ1) is 6.24. The van der Waals surface area contributed by atoms with E-state index >= 15 is 0 Å². The Morgan fingerprint density at radius 3 is 3.08 bits per heavy atom. The van der Waals surface area contributed by atoms with Crippen LogP contribution in [0.5, 0.6) is 0 Å². The maximum absolute atomic E-state index is 5.69. The minimum atomic E-state index is 0.495. The fourth-order valence-electron chi connectivity index (χ4n) is 2.13. The zero-order valence-electron chi connectivity index (χ0n) is 8.33. The van der Waals surface area contributed by atoms with Crippen molar-refractivity contribution in [1.29, 1.82) is 0 Å². The summed E-state index contributed by atoms with van der Waals surface area (Å²) in [5.41, 5.74) is 8.35. The molecular formula is C10H17N3. The van der Waals surface area contributed by atoms with E-state index in [0.29, 0.717) is 12.0 Å². The summed E-state index contributed by atoms with van der Waals surface area (Å²) in [6.45, 7) is 5.12. The van der Waals surface area contributed by atoms with Crippen LogP contribution < -0.4 is 5.73 Å². The van der Waals surface area contributed by atoms with E-state index in [-0.39, 0.29) is 0 Å². The molecule has 2 N–H and O–H groups in total. The Morgan fingerprint density at radius 1 is 1.69 bits per heavy atom. The van der Waals surface area contributed by atoms with E-state index in [1.165, 1.54) is 17.8 Å².